The molecule has 1 aliphatic rings. The second-order valence-electron chi connectivity index (χ2n) is 6.25. The Morgan fingerprint density at radius 3 is 2.70 bits per heavy atom. The maximum absolute atomic E-state index is 12.4. The Kier molecular flexibility index (Phi) is 4.60. The summed E-state index contributed by atoms with van der Waals surface area (Å²) >= 11 is 1.47. The summed E-state index contributed by atoms with van der Waals surface area (Å²) in [6, 6.07) is 11.2. The summed E-state index contributed by atoms with van der Waals surface area (Å²) in [5, 5.41) is 12.9. The zero-order valence-electron chi connectivity index (χ0n) is 13.0. The van der Waals surface area contributed by atoms with E-state index in [0.717, 1.165) is 28.8 Å². The maximum atomic E-state index is 12.4. The van der Waals surface area contributed by atoms with E-state index in [-0.39, 0.29) is 18.2 Å². The number of aliphatic hydroxyl groups is 1. The first-order valence-corrected chi connectivity index (χ1v) is 10.2. The van der Waals surface area contributed by atoms with Gasteiger partial charge in [0, 0.05) is 11.4 Å². The van der Waals surface area contributed by atoms with E-state index in [0.29, 0.717) is 0 Å². The number of benzene rings is 1. The zero-order valence-corrected chi connectivity index (χ0v) is 14.7. The SMILES string of the molecule is Cc1cccc(CS(=O)(=O)NCC(O)(c2cccs2)C2CC2)c1. The smallest absolute Gasteiger partial charge is 0.215 e. The van der Waals surface area contributed by atoms with Gasteiger partial charge in [-0.25, -0.2) is 13.1 Å². The number of rotatable bonds is 7. The third-order valence-electron chi connectivity index (χ3n) is 4.20. The highest BCUT2D eigenvalue weighted by Gasteiger charge is 2.46. The topological polar surface area (TPSA) is 66.4 Å². The molecule has 1 aromatic carbocycles. The van der Waals surface area contributed by atoms with E-state index in [1.807, 2.05) is 42.6 Å². The van der Waals surface area contributed by atoms with E-state index in [1.54, 1.807) is 6.07 Å². The fourth-order valence-corrected chi connectivity index (χ4v) is 4.87. The lowest BCUT2D eigenvalue weighted by Crippen LogP contribution is -2.42. The van der Waals surface area contributed by atoms with E-state index in [2.05, 4.69) is 4.72 Å². The molecule has 3 rings (SSSR count). The molecule has 1 atom stereocenters. The summed E-state index contributed by atoms with van der Waals surface area (Å²) in [6.45, 7) is 1.97. The van der Waals surface area contributed by atoms with Gasteiger partial charge in [0.25, 0.3) is 0 Å². The summed E-state index contributed by atoms with van der Waals surface area (Å²) in [6.07, 6.45) is 1.88. The van der Waals surface area contributed by atoms with Crippen molar-refractivity contribution in [2.24, 2.45) is 5.92 Å². The van der Waals surface area contributed by atoms with Gasteiger partial charge in [-0.05, 0) is 42.7 Å². The number of aryl methyl sites for hydroxylation is 1. The molecular weight excluding hydrogens is 330 g/mol. The summed E-state index contributed by atoms with van der Waals surface area (Å²) in [4.78, 5) is 0.832. The van der Waals surface area contributed by atoms with Crippen LogP contribution in [0.15, 0.2) is 41.8 Å². The van der Waals surface area contributed by atoms with Crippen molar-refractivity contribution < 1.29 is 13.5 Å². The minimum atomic E-state index is -3.49. The van der Waals surface area contributed by atoms with Crippen LogP contribution in [0.4, 0.5) is 0 Å². The van der Waals surface area contributed by atoms with E-state index in [1.165, 1.54) is 11.3 Å². The molecule has 6 heteroatoms. The normalized spacial score (nSPS) is 17.8. The van der Waals surface area contributed by atoms with Gasteiger partial charge >= 0.3 is 0 Å². The van der Waals surface area contributed by atoms with Gasteiger partial charge in [-0.3, -0.25) is 0 Å². The summed E-state index contributed by atoms with van der Waals surface area (Å²) in [5.41, 5.74) is 0.697. The molecule has 124 valence electrons. The molecular formula is C17H21NO3S2. The minimum absolute atomic E-state index is 0.0341. The van der Waals surface area contributed by atoms with Gasteiger partial charge in [0.2, 0.25) is 10.0 Å². The predicted octanol–water partition coefficient (Wildman–Crippen LogP) is 2.77. The van der Waals surface area contributed by atoms with E-state index in [4.69, 9.17) is 0 Å². The van der Waals surface area contributed by atoms with Crippen molar-refractivity contribution in [1.82, 2.24) is 4.72 Å². The first kappa shape index (κ1) is 16.6. The van der Waals surface area contributed by atoms with Crippen LogP contribution in [0.5, 0.6) is 0 Å². The monoisotopic (exact) mass is 351 g/mol. The molecule has 0 aliphatic heterocycles. The molecule has 0 spiro atoms. The van der Waals surface area contributed by atoms with Gasteiger partial charge in [-0.1, -0.05) is 35.9 Å². The Bertz CT molecular complexity index is 767. The number of sulfonamides is 1. The van der Waals surface area contributed by atoms with Crippen LogP contribution < -0.4 is 4.72 Å². The van der Waals surface area contributed by atoms with Crippen molar-refractivity contribution in [2.75, 3.05) is 6.54 Å². The minimum Gasteiger partial charge on any atom is -0.383 e. The van der Waals surface area contributed by atoms with Crippen LogP contribution in [0.25, 0.3) is 0 Å². The standard InChI is InChI=1S/C17H21NO3S2/c1-13-4-2-5-14(10-13)11-23(20,21)18-12-17(19,15-7-8-15)16-6-3-9-22-16/h2-6,9-10,15,18-19H,7-8,11-12H2,1H3. The van der Waals surface area contributed by atoms with E-state index >= 15 is 0 Å². The maximum Gasteiger partial charge on any atom is 0.215 e. The highest BCUT2D eigenvalue weighted by Crippen LogP contribution is 2.46. The lowest BCUT2D eigenvalue weighted by Gasteiger charge is -2.27. The third kappa shape index (κ3) is 4.01. The fourth-order valence-electron chi connectivity index (χ4n) is 2.81. The van der Waals surface area contributed by atoms with Crippen LogP contribution in [0.1, 0.15) is 28.8 Å². The number of hydrogen-bond donors (Lipinski definition) is 2. The molecule has 23 heavy (non-hydrogen) atoms. The van der Waals surface area contributed by atoms with Crippen molar-refractivity contribution in [2.45, 2.75) is 31.1 Å². The third-order valence-corrected chi connectivity index (χ3v) is 6.54. The Labute approximate surface area is 141 Å². The predicted molar refractivity (Wildman–Crippen MR) is 92.7 cm³/mol. The van der Waals surface area contributed by atoms with Crippen LogP contribution >= 0.6 is 11.3 Å². The molecule has 1 unspecified atom stereocenters. The number of hydrogen-bond acceptors (Lipinski definition) is 4. The molecule has 2 N–H and O–H groups in total. The summed E-state index contributed by atoms with van der Waals surface area (Å²) in [5.74, 6) is 0.0719. The van der Waals surface area contributed by atoms with Crippen molar-refractivity contribution >= 4 is 21.4 Å². The van der Waals surface area contributed by atoms with Gasteiger partial charge in [0.05, 0.1) is 5.75 Å². The number of thiophene rings is 1. The van der Waals surface area contributed by atoms with Crippen LogP contribution in [0.3, 0.4) is 0 Å². The Morgan fingerprint density at radius 2 is 2.09 bits per heavy atom. The molecule has 0 radical (unpaired) electrons. The second-order valence-corrected chi connectivity index (χ2v) is 9.00. The molecule has 1 aliphatic carbocycles. The number of nitrogens with one attached hydrogen (secondary N) is 1. The van der Waals surface area contributed by atoms with Crippen molar-refractivity contribution in [1.29, 1.82) is 0 Å². The van der Waals surface area contributed by atoms with Crippen molar-refractivity contribution in [3.8, 4) is 0 Å². The molecule has 0 saturated heterocycles. The highest BCUT2D eigenvalue weighted by atomic mass is 32.2. The largest absolute Gasteiger partial charge is 0.383 e. The summed E-state index contributed by atoms with van der Waals surface area (Å²) in [7, 11) is -3.49. The van der Waals surface area contributed by atoms with E-state index in [9.17, 15) is 13.5 Å². The van der Waals surface area contributed by atoms with Gasteiger partial charge in [0.15, 0.2) is 0 Å². The summed E-state index contributed by atoms with van der Waals surface area (Å²) < 4.78 is 27.3. The highest BCUT2D eigenvalue weighted by molar-refractivity contribution is 7.88. The van der Waals surface area contributed by atoms with Crippen molar-refractivity contribution in [3.63, 3.8) is 0 Å². The average molecular weight is 351 g/mol. The Morgan fingerprint density at radius 1 is 1.30 bits per heavy atom. The van der Waals surface area contributed by atoms with Gasteiger partial charge in [0.1, 0.15) is 5.60 Å². The van der Waals surface area contributed by atoms with Crippen LogP contribution in [-0.4, -0.2) is 20.1 Å². The van der Waals surface area contributed by atoms with Crippen molar-refractivity contribution in [3.05, 3.63) is 57.8 Å². The molecule has 0 bridgehead atoms. The average Bonchev–Trinajstić information content (AvgIpc) is 3.20. The lowest BCUT2D eigenvalue weighted by molar-refractivity contribution is 0.0222. The Hall–Kier alpha value is -1.21. The molecule has 4 nitrogen and oxygen atoms in total. The van der Waals surface area contributed by atoms with Gasteiger partial charge < -0.3 is 5.11 Å². The first-order chi connectivity index (χ1) is 10.9. The molecule has 0 amide bonds. The lowest BCUT2D eigenvalue weighted by atomic mass is 9.96. The molecule has 1 heterocycles. The van der Waals surface area contributed by atoms with Crippen LogP contribution in [-0.2, 0) is 21.4 Å². The second kappa shape index (κ2) is 6.36. The van der Waals surface area contributed by atoms with Gasteiger partial charge in [-0.2, -0.15) is 0 Å². The van der Waals surface area contributed by atoms with Crippen LogP contribution in [0, 0.1) is 12.8 Å². The molecule has 1 saturated carbocycles. The zero-order chi connectivity index (χ0) is 16.5. The Balaban J connectivity index is 1.70. The fraction of sp³-hybridized carbons (Fsp3) is 0.412. The van der Waals surface area contributed by atoms with E-state index < -0.39 is 15.6 Å². The first-order valence-electron chi connectivity index (χ1n) is 7.68. The molecule has 2 aromatic rings. The quantitative estimate of drug-likeness (QED) is 0.806. The molecule has 1 fully saturated rings. The van der Waals surface area contributed by atoms with Gasteiger partial charge in [-0.15, -0.1) is 11.3 Å². The molecule has 1 aromatic heterocycles. The van der Waals surface area contributed by atoms with Crippen LogP contribution in [0.2, 0.25) is 0 Å².